The van der Waals surface area contributed by atoms with Crippen LogP contribution in [0, 0.1) is 11.8 Å². The molecule has 14 N–H and O–H groups in total. The summed E-state index contributed by atoms with van der Waals surface area (Å²) in [7, 11) is 1.57. The van der Waals surface area contributed by atoms with Crippen LogP contribution >= 0.6 is 0 Å². The second-order valence-electron chi connectivity index (χ2n) is 18.6. The van der Waals surface area contributed by atoms with Crippen LogP contribution in [0.15, 0.2) is 72.1 Å². The number of rotatable bonds is 29. The summed E-state index contributed by atoms with van der Waals surface area (Å²) in [4.78, 5) is 122. The molecule has 1 fully saturated rings. The molecule has 23 nitrogen and oxygen atoms in total. The number of carboxylic acids is 1. The van der Waals surface area contributed by atoms with Crippen LogP contribution in [0.4, 0.5) is 0 Å². The zero-order valence-electron chi connectivity index (χ0n) is 42.2. The van der Waals surface area contributed by atoms with E-state index in [1.54, 1.807) is 63.4 Å². The molecule has 0 bridgehead atoms. The number of benzene rings is 2. The second kappa shape index (κ2) is 29.1. The summed E-state index contributed by atoms with van der Waals surface area (Å²) in [6.45, 7) is 7.41. The fourth-order valence-electron chi connectivity index (χ4n) is 8.36. The summed E-state index contributed by atoms with van der Waals surface area (Å²) in [6, 6.07) is 7.07. The number of hydrogen-bond acceptors (Lipinski definition) is 12. The average Bonchev–Trinajstić information content (AvgIpc) is 4.07. The Morgan fingerprint density at radius 1 is 0.795 bits per heavy atom. The Morgan fingerprint density at radius 3 is 2.07 bits per heavy atom. The van der Waals surface area contributed by atoms with Crippen LogP contribution in [0.25, 0.3) is 0 Å². The SMILES string of the molecule is CC[C@H](C)[C@@H](CC(=O)N[C@@H](Cc1cnc[nH]1)C(=O)N1CCC[C@H]1C(=O)N[C@@H](Cc1ccccc1)C(=O)O)NC(=O)[C@H](Cc1ccc(O)cc1)NC(=O)[C@@H](NC(=O)[C@H](CCCN=C(N)N)NC(=O)CNC)C(C)C. The molecule has 4 rings (SSSR count). The van der Waals surface area contributed by atoms with Crippen molar-refractivity contribution in [2.45, 2.75) is 128 Å². The minimum absolute atomic E-state index is 0.0210. The molecule has 2 heterocycles. The van der Waals surface area contributed by atoms with Crippen LogP contribution in [0.3, 0.4) is 0 Å². The van der Waals surface area contributed by atoms with Crippen molar-refractivity contribution in [1.29, 1.82) is 0 Å². The number of phenolic OH excluding ortho intramolecular Hbond substituents is 1. The number of likely N-dealkylation sites (tertiary alicyclic amines) is 1. The molecule has 0 spiro atoms. The van der Waals surface area contributed by atoms with Crippen LogP contribution in [0.1, 0.15) is 83.0 Å². The number of aromatic nitrogens is 2. The number of carbonyl (C=O) groups excluding carboxylic acids is 7. The molecule has 3 aromatic rings. The van der Waals surface area contributed by atoms with Gasteiger partial charge in [-0.2, -0.15) is 0 Å². The van der Waals surface area contributed by atoms with Gasteiger partial charge in [-0.1, -0.05) is 76.6 Å². The highest BCUT2D eigenvalue weighted by atomic mass is 16.4. The minimum Gasteiger partial charge on any atom is -0.508 e. The van der Waals surface area contributed by atoms with Gasteiger partial charge in [0.05, 0.1) is 12.9 Å². The fourth-order valence-corrected chi connectivity index (χ4v) is 8.36. The van der Waals surface area contributed by atoms with E-state index >= 15 is 0 Å². The molecule has 23 heteroatoms. The molecule has 1 aromatic heterocycles. The highest BCUT2D eigenvalue weighted by Crippen LogP contribution is 2.21. The van der Waals surface area contributed by atoms with Crippen LogP contribution in [-0.4, -0.2) is 147 Å². The van der Waals surface area contributed by atoms with E-state index in [1.165, 1.54) is 29.6 Å². The number of hydrogen-bond donors (Lipinski definition) is 12. The van der Waals surface area contributed by atoms with E-state index in [2.05, 4.69) is 52.2 Å². The highest BCUT2D eigenvalue weighted by molar-refractivity contribution is 5.96. The van der Waals surface area contributed by atoms with Crippen LogP contribution < -0.4 is 48.7 Å². The molecular weight excluding hydrogens is 943 g/mol. The third-order valence-corrected chi connectivity index (χ3v) is 12.6. The first kappa shape index (κ1) is 58.0. The van der Waals surface area contributed by atoms with E-state index in [1.807, 2.05) is 13.8 Å². The summed E-state index contributed by atoms with van der Waals surface area (Å²) in [5.41, 5.74) is 12.7. The van der Waals surface area contributed by atoms with Crippen molar-refractivity contribution in [1.82, 2.24) is 52.1 Å². The van der Waals surface area contributed by atoms with E-state index in [0.717, 1.165) is 0 Å². The van der Waals surface area contributed by atoms with Gasteiger partial charge in [0.2, 0.25) is 41.4 Å². The molecule has 1 aliphatic rings. The maximum atomic E-state index is 14.5. The number of imidazole rings is 1. The van der Waals surface area contributed by atoms with Crippen molar-refractivity contribution >= 4 is 53.3 Å². The largest absolute Gasteiger partial charge is 0.508 e. The number of nitrogens with zero attached hydrogens (tertiary/aromatic N) is 3. The van der Waals surface area contributed by atoms with Gasteiger partial charge in [0, 0.05) is 56.7 Å². The number of nitrogens with two attached hydrogens (primary N) is 2. The number of guanidine groups is 1. The van der Waals surface area contributed by atoms with E-state index in [9.17, 15) is 48.6 Å². The maximum Gasteiger partial charge on any atom is 0.326 e. The molecule has 2 aromatic carbocycles. The molecule has 0 radical (unpaired) electrons. The Balaban J connectivity index is 1.54. The lowest BCUT2D eigenvalue weighted by Gasteiger charge is -2.31. The van der Waals surface area contributed by atoms with Gasteiger partial charge in [0.1, 0.15) is 42.0 Å². The quantitative estimate of drug-likeness (QED) is 0.0237. The standard InChI is InChI=1S/C50H73N13O10/c1-6-30(4)36(25-41(65)58-38(24-33-26-54-28-56-33)48(71)63-21-11-15-40(63)46(69)61-39(49(72)73)23-31-12-8-7-9-13-31)59-45(68)37(22-32-16-18-34(64)19-17-32)60-47(70)43(29(2)3)62-44(67)35(57-42(66)27-53-5)14-10-20-55-50(51)52/h7-9,12-13,16-19,26,28-30,35-40,43,53,64H,6,10-11,14-15,20-25,27H2,1-5H3,(H,54,56)(H,57,66)(H,58,65)(H,59,68)(H,60,70)(H,61,69)(H,62,67)(H,72,73)(H4,51,52,55)/t30-,35-,36+,37-,38-,39-,40-,43-/m0/s1. The first-order valence-corrected chi connectivity index (χ1v) is 24.6. The topological polar surface area (TPSA) is 358 Å². The van der Waals surface area contributed by atoms with E-state index in [0.29, 0.717) is 36.1 Å². The van der Waals surface area contributed by atoms with Crippen molar-refractivity contribution < 1.29 is 48.6 Å². The summed E-state index contributed by atoms with van der Waals surface area (Å²) < 4.78 is 0. The minimum atomic E-state index is -1.27. The molecule has 0 unspecified atom stereocenters. The van der Waals surface area contributed by atoms with Gasteiger partial charge in [-0.15, -0.1) is 0 Å². The number of aliphatic carboxylic acids is 1. The molecule has 8 atom stereocenters. The number of nitrogens with one attached hydrogen (secondary N) is 8. The van der Waals surface area contributed by atoms with Gasteiger partial charge in [0.15, 0.2) is 5.96 Å². The molecule has 1 saturated heterocycles. The lowest BCUT2D eigenvalue weighted by molar-refractivity contribution is -0.145. The molecule has 0 saturated carbocycles. The molecule has 7 amide bonds. The lowest BCUT2D eigenvalue weighted by atomic mass is 9.94. The smallest absolute Gasteiger partial charge is 0.326 e. The number of likely N-dealkylation sites (N-methyl/N-ethyl adjacent to an activating group) is 1. The first-order chi connectivity index (χ1) is 34.8. The number of amides is 7. The number of H-pyrrole nitrogens is 1. The van der Waals surface area contributed by atoms with Crippen LogP contribution in [0.5, 0.6) is 5.75 Å². The van der Waals surface area contributed by atoms with Crippen molar-refractivity contribution in [2.75, 3.05) is 26.7 Å². The predicted octanol–water partition coefficient (Wildman–Crippen LogP) is -0.507. The van der Waals surface area contributed by atoms with Gasteiger partial charge < -0.3 is 68.8 Å². The Kier molecular flexibility index (Phi) is 23.1. The number of phenols is 1. The number of carboxylic acid groups (broad SMARTS) is 1. The molecular formula is C50H73N13O10. The highest BCUT2D eigenvalue weighted by Gasteiger charge is 2.40. The van der Waals surface area contributed by atoms with Crippen molar-refractivity contribution in [3.8, 4) is 5.75 Å². The molecule has 398 valence electrons. The summed E-state index contributed by atoms with van der Waals surface area (Å²) in [5.74, 6) is -6.47. The first-order valence-electron chi connectivity index (χ1n) is 24.6. The van der Waals surface area contributed by atoms with Crippen molar-refractivity contribution in [3.05, 3.63) is 83.9 Å². The van der Waals surface area contributed by atoms with Crippen molar-refractivity contribution in [2.24, 2.45) is 28.3 Å². The Labute approximate surface area is 425 Å². The summed E-state index contributed by atoms with van der Waals surface area (Å²) >= 11 is 0. The van der Waals surface area contributed by atoms with E-state index in [-0.39, 0.29) is 75.8 Å². The predicted molar refractivity (Wildman–Crippen MR) is 271 cm³/mol. The summed E-state index contributed by atoms with van der Waals surface area (Å²) in [6.07, 6.45) is 4.25. The van der Waals surface area contributed by atoms with Gasteiger partial charge in [0.25, 0.3) is 0 Å². The molecule has 73 heavy (non-hydrogen) atoms. The van der Waals surface area contributed by atoms with Crippen molar-refractivity contribution in [3.63, 3.8) is 0 Å². The number of aliphatic imine (C=N–C) groups is 1. The Bertz CT molecular complexity index is 2330. The zero-order chi connectivity index (χ0) is 53.6. The Morgan fingerprint density at radius 2 is 1.45 bits per heavy atom. The van der Waals surface area contributed by atoms with Crippen LogP contribution in [0.2, 0.25) is 0 Å². The summed E-state index contributed by atoms with van der Waals surface area (Å²) in [5, 5.41) is 39.3. The van der Waals surface area contributed by atoms with E-state index in [4.69, 9.17) is 11.5 Å². The zero-order valence-corrected chi connectivity index (χ0v) is 42.2. The normalized spacial score (nSPS) is 16.1. The third-order valence-electron chi connectivity index (χ3n) is 12.6. The number of aromatic amines is 1. The molecule has 1 aliphatic heterocycles. The van der Waals surface area contributed by atoms with Gasteiger partial charge in [-0.05, 0) is 67.8 Å². The van der Waals surface area contributed by atoms with Gasteiger partial charge in [-0.25, -0.2) is 9.78 Å². The van der Waals surface area contributed by atoms with E-state index < -0.39 is 95.5 Å². The number of carbonyl (C=O) groups is 8. The lowest BCUT2D eigenvalue weighted by Crippen LogP contribution is -2.60. The monoisotopic (exact) mass is 1020 g/mol. The Hall–Kier alpha value is -7.56. The average molecular weight is 1020 g/mol. The van der Waals surface area contributed by atoms with Gasteiger partial charge >= 0.3 is 5.97 Å². The third kappa shape index (κ3) is 18.9. The molecule has 0 aliphatic carbocycles. The number of aromatic hydroxyl groups is 1. The van der Waals surface area contributed by atoms with Crippen LogP contribution in [-0.2, 0) is 57.6 Å². The maximum absolute atomic E-state index is 14.5. The van der Waals surface area contributed by atoms with Gasteiger partial charge in [-0.3, -0.25) is 38.6 Å². The second-order valence-corrected chi connectivity index (χ2v) is 18.6. The fraction of sp³-hybridized carbons (Fsp3) is 0.520.